The third-order valence-corrected chi connectivity index (χ3v) is 8.73. The van der Waals surface area contributed by atoms with E-state index in [1.165, 1.54) is 103 Å². The summed E-state index contributed by atoms with van der Waals surface area (Å²) >= 11 is 0. The SMILES string of the molecule is CCCCCCCCCCCCCC(=O)OCC(COC(C)CCOC(C)CCO)OC(=O)CCCCCCCCCCCCC. The van der Waals surface area contributed by atoms with Gasteiger partial charge in [-0.25, -0.2) is 0 Å². The van der Waals surface area contributed by atoms with Crippen molar-refractivity contribution in [3.05, 3.63) is 0 Å². The van der Waals surface area contributed by atoms with E-state index in [0.29, 0.717) is 32.3 Å². The van der Waals surface area contributed by atoms with E-state index in [9.17, 15) is 9.59 Å². The molecule has 0 spiro atoms. The van der Waals surface area contributed by atoms with Gasteiger partial charge >= 0.3 is 11.9 Å². The second kappa shape index (κ2) is 35.1. The Kier molecular flexibility index (Phi) is 34.2. The number of hydrogen-bond acceptors (Lipinski definition) is 7. The van der Waals surface area contributed by atoms with Crippen LogP contribution < -0.4 is 0 Å². The molecule has 0 aliphatic rings. The van der Waals surface area contributed by atoms with Gasteiger partial charge in [-0.1, -0.05) is 142 Å². The summed E-state index contributed by atoms with van der Waals surface area (Å²) < 4.78 is 22.9. The predicted molar refractivity (Wildman–Crippen MR) is 190 cm³/mol. The van der Waals surface area contributed by atoms with Gasteiger partial charge in [0.05, 0.1) is 18.8 Å². The van der Waals surface area contributed by atoms with Crippen LogP contribution in [0.15, 0.2) is 0 Å². The van der Waals surface area contributed by atoms with Crippen molar-refractivity contribution in [2.75, 3.05) is 26.4 Å². The number of aliphatic hydroxyl groups is 1. The maximum Gasteiger partial charge on any atom is 0.306 e. The summed E-state index contributed by atoms with van der Waals surface area (Å²) in [5.74, 6) is -0.485. The number of carbonyl (C=O) groups is 2. The quantitative estimate of drug-likeness (QED) is 0.0530. The van der Waals surface area contributed by atoms with Gasteiger partial charge < -0.3 is 24.1 Å². The number of rotatable bonds is 36. The summed E-state index contributed by atoms with van der Waals surface area (Å²) in [4.78, 5) is 25.1. The second-order valence-electron chi connectivity index (χ2n) is 13.5. The zero-order chi connectivity index (χ0) is 33.9. The van der Waals surface area contributed by atoms with Gasteiger partial charge in [-0.15, -0.1) is 0 Å². The van der Waals surface area contributed by atoms with Gasteiger partial charge in [0.15, 0.2) is 6.10 Å². The van der Waals surface area contributed by atoms with Crippen molar-refractivity contribution in [3.63, 3.8) is 0 Å². The highest BCUT2D eigenvalue weighted by atomic mass is 16.6. The smallest absolute Gasteiger partial charge is 0.306 e. The van der Waals surface area contributed by atoms with Gasteiger partial charge in [-0.05, 0) is 39.5 Å². The highest BCUT2D eigenvalue weighted by molar-refractivity contribution is 5.70. The zero-order valence-corrected chi connectivity index (χ0v) is 30.8. The molecule has 0 saturated heterocycles. The predicted octanol–water partition coefficient (Wildman–Crippen LogP) is 10.4. The summed E-state index contributed by atoms with van der Waals surface area (Å²) in [6, 6.07) is 0. The standard InChI is InChI=1S/C39H76O7/c1-5-7-9-11-13-15-17-19-21-23-25-27-38(41)45-34-37(33-44-36(4)30-32-43-35(3)29-31-40)46-39(42)28-26-24-22-20-18-16-14-12-10-8-6-2/h35-37,40H,5-34H2,1-4H3. The van der Waals surface area contributed by atoms with E-state index in [1.54, 1.807) is 0 Å². The Morgan fingerprint density at radius 1 is 0.522 bits per heavy atom. The molecule has 0 fully saturated rings. The van der Waals surface area contributed by atoms with E-state index < -0.39 is 6.10 Å². The molecule has 46 heavy (non-hydrogen) atoms. The van der Waals surface area contributed by atoms with Crippen LogP contribution in [-0.2, 0) is 28.5 Å². The molecule has 0 aromatic carbocycles. The summed E-state index contributed by atoms with van der Waals surface area (Å²) in [6.07, 6.45) is 28.5. The largest absolute Gasteiger partial charge is 0.462 e. The van der Waals surface area contributed by atoms with Crippen molar-refractivity contribution < 1.29 is 33.6 Å². The van der Waals surface area contributed by atoms with Crippen LogP contribution in [-0.4, -0.2) is 61.8 Å². The highest BCUT2D eigenvalue weighted by Gasteiger charge is 2.19. The average molecular weight is 657 g/mol. The first-order chi connectivity index (χ1) is 22.4. The van der Waals surface area contributed by atoms with Crippen molar-refractivity contribution in [1.29, 1.82) is 0 Å². The van der Waals surface area contributed by atoms with E-state index in [4.69, 9.17) is 24.1 Å². The van der Waals surface area contributed by atoms with Gasteiger partial charge in [0.2, 0.25) is 0 Å². The Hall–Kier alpha value is -1.18. The maximum atomic E-state index is 12.6. The molecule has 274 valence electrons. The fourth-order valence-corrected chi connectivity index (χ4v) is 5.54. The monoisotopic (exact) mass is 657 g/mol. The number of hydrogen-bond donors (Lipinski definition) is 1. The lowest BCUT2D eigenvalue weighted by Gasteiger charge is -2.21. The summed E-state index contributed by atoms with van der Waals surface area (Å²) in [6.45, 7) is 9.25. The minimum Gasteiger partial charge on any atom is -0.462 e. The van der Waals surface area contributed by atoms with E-state index in [2.05, 4.69) is 13.8 Å². The van der Waals surface area contributed by atoms with E-state index in [-0.39, 0.29) is 44.0 Å². The van der Waals surface area contributed by atoms with Gasteiger partial charge in [-0.2, -0.15) is 0 Å². The number of esters is 2. The normalized spacial score (nSPS) is 13.4. The van der Waals surface area contributed by atoms with Crippen LogP contribution in [0.25, 0.3) is 0 Å². The first kappa shape index (κ1) is 44.8. The van der Waals surface area contributed by atoms with Crippen LogP contribution in [0.4, 0.5) is 0 Å². The molecule has 7 heteroatoms. The fraction of sp³-hybridized carbons (Fsp3) is 0.949. The Bertz CT molecular complexity index is 656. The van der Waals surface area contributed by atoms with E-state index in [1.807, 2.05) is 13.8 Å². The van der Waals surface area contributed by atoms with Gasteiger partial charge in [0, 0.05) is 26.1 Å². The molecular formula is C39H76O7. The lowest BCUT2D eigenvalue weighted by Crippen LogP contribution is -2.31. The second-order valence-corrected chi connectivity index (χ2v) is 13.5. The topological polar surface area (TPSA) is 91.3 Å². The lowest BCUT2D eigenvalue weighted by atomic mass is 10.1. The highest BCUT2D eigenvalue weighted by Crippen LogP contribution is 2.14. The van der Waals surface area contributed by atoms with Crippen molar-refractivity contribution in [2.24, 2.45) is 0 Å². The number of unbranched alkanes of at least 4 members (excludes halogenated alkanes) is 20. The number of aliphatic hydroxyl groups excluding tert-OH is 1. The maximum absolute atomic E-state index is 12.6. The first-order valence-electron chi connectivity index (χ1n) is 19.6. The third kappa shape index (κ3) is 32.7. The minimum atomic E-state index is -0.613. The summed E-state index contributed by atoms with van der Waals surface area (Å²) in [7, 11) is 0. The van der Waals surface area contributed by atoms with Crippen LogP contribution in [0.1, 0.15) is 195 Å². The molecule has 0 aromatic rings. The summed E-state index contributed by atoms with van der Waals surface area (Å²) in [5, 5.41) is 9.04. The molecule has 1 N–H and O–H groups in total. The Balaban J connectivity index is 4.32. The number of carbonyl (C=O) groups excluding carboxylic acids is 2. The van der Waals surface area contributed by atoms with Crippen molar-refractivity contribution in [3.8, 4) is 0 Å². The van der Waals surface area contributed by atoms with Crippen molar-refractivity contribution >= 4 is 11.9 Å². The molecule has 0 aromatic heterocycles. The van der Waals surface area contributed by atoms with Gasteiger partial charge in [0.25, 0.3) is 0 Å². The Labute approximate surface area is 284 Å². The molecule has 0 heterocycles. The fourth-order valence-electron chi connectivity index (χ4n) is 5.54. The van der Waals surface area contributed by atoms with Gasteiger partial charge in [0.1, 0.15) is 6.61 Å². The zero-order valence-electron chi connectivity index (χ0n) is 30.8. The van der Waals surface area contributed by atoms with Crippen molar-refractivity contribution in [2.45, 2.75) is 213 Å². The third-order valence-electron chi connectivity index (χ3n) is 8.73. The van der Waals surface area contributed by atoms with Crippen molar-refractivity contribution in [1.82, 2.24) is 0 Å². The van der Waals surface area contributed by atoms with E-state index >= 15 is 0 Å². The molecule has 0 aliphatic carbocycles. The summed E-state index contributed by atoms with van der Waals surface area (Å²) in [5.41, 5.74) is 0. The first-order valence-corrected chi connectivity index (χ1v) is 19.6. The molecule has 0 rings (SSSR count). The van der Waals surface area contributed by atoms with E-state index in [0.717, 1.165) is 38.5 Å². The molecule has 0 bridgehead atoms. The van der Waals surface area contributed by atoms with Crippen LogP contribution in [0.5, 0.6) is 0 Å². The molecule has 3 unspecified atom stereocenters. The average Bonchev–Trinajstić information content (AvgIpc) is 3.03. The lowest BCUT2D eigenvalue weighted by molar-refractivity contribution is -0.164. The molecular weight excluding hydrogens is 580 g/mol. The Morgan fingerprint density at radius 3 is 1.39 bits per heavy atom. The molecule has 0 aliphatic heterocycles. The number of ether oxygens (including phenoxy) is 4. The van der Waals surface area contributed by atoms with Crippen LogP contribution in [0.3, 0.4) is 0 Å². The van der Waals surface area contributed by atoms with Crippen LogP contribution in [0, 0.1) is 0 Å². The van der Waals surface area contributed by atoms with Crippen LogP contribution in [0.2, 0.25) is 0 Å². The minimum absolute atomic E-state index is 0.00110. The molecule has 3 atom stereocenters. The molecule has 0 saturated carbocycles. The molecule has 0 amide bonds. The molecule has 0 radical (unpaired) electrons. The molecule has 7 nitrogen and oxygen atoms in total. The van der Waals surface area contributed by atoms with Crippen LogP contribution >= 0.6 is 0 Å². The van der Waals surface area contributed by atoms with Gasteiger partial charge in [-0.3, -0.25) is 9.59 Å². The Morgan fingerprint density at radius 2 is 0.935 bits per heavy atom.